The second kappa shape index (κ2) is 4.70. The molecule has 0 saturated carbocycles. The molecule has 3 heteroatoms. The first-order chi connectivity index (χ1) is 5.33. The lowest BCUT2D eigenvalue weighted by Crippen LogP contribution is -2.26. The Hall–Kier alpha value is -0.120. The molecule has 1 aliphatic heterocycles. The van der Waals surface area contributed by atoms with Gasteiger partial charge in [0.2, 0.25) is 0 Å². The Labute approximate surface area is 68.0 Å². The van der Waals surface area contributed by atoms with Gasteiger partial charge in [0.15, 0.2) is 0 Å². The van der Waals surface area contributed by atoms with Crippen LogP contribution in [0.15, 0.2) is 0 Å². The first-order valence-corrected chi connectivity index (χ1v) is 4.20. The van der Waals surface area contributed by atoms with E-state index in [4.69, 9.17) is 9.84 Å². The second-order valence-corrected chi connectivity index (χ2v) is 3.22. The average Bonchev–Trinajstić information content (AvgIpc) is 2.15. The van der Waals surface area contributed by atoms with Crippen LogP contribution in [0.5, 0.6) is 0 Å². The third kappa shape index (κ3) is 3.18. The maximum absolute atomic E-state index is 8.72. The van der Waals surface area contributed by atoms with Gasteiger partial charge in [-0.2, -0.15) is 0 Å². The van der Waals surface area contributed by atoms with Crippen molar-refractivity contribution in [2.24, 2.45) is 5.92 Å². The molecule has 0 aliphatic carbocycles. The quantitative estimate of drug-likeness (QED) is 0.613. The monoisotopic (exact) mass is 159 g/mol. The van der Waals surface area contributed by atoms with Gasteiger partial charge in [-0.1, -0.05) is 0 Å². The topological polar surface area (TPSA) is 32.7 Å². The Morgan fingerprint density at radius 3 is 3.18 bits per heavy atom. The van der Waals surface area contributed by atoms with Crippen molar-refractivity contribution in [2.45, 2.75) is 6.42 Å². The summed E-state index contributed by atoms with van der Waals surface area (Å²) in [7, 11) is 2.10. The van der Waals surface area contributed by atoms with Crippen LogP contribution in [0.1, 0.15) is 6.42 Å². The molecule has 0 spiro atoms. The zero-order valence-electron chi connectivity index (χ0n) is 7.12. The van der Waals surface area contributed by atoms with Gasteiger partial charge in [0, 0.05) is 19.7 Å². The van der Waals surface area contributed by atoms with Crippen molar-refractivity contribution < 1.29 is 9.84 Å². The predicted octanol–water partition coefficient (Wildman–Crippen LogP) is -0.0530. The van der Waals surface area contributed by atoms with Crippen molar-refractivity contribution in [3.05, 3.63) is 0 Å². The van der Waals surface area contributed by atoms with Crippen LogP contribution in [0.2, 0.25) is 0 Å². The molecule has 1 atom stereocenters. The molecule has 1 N–H and O–H groups in total. The predicted molar refractivity (Wildman–Crippen MR) is 43.5 cm³/mol. The van der Waals surface area contributed by atoms with E-state index in [9.17, 15) is 0 Å². The van der Waals surface area contributed by atoms with Crippen LogP contribution >= 0.6 is 0 Å². The van der Waals surface area contributed by atoms with Gasteiger partial charge in [-0.25, -0.2) is 0 Å². The van der Waals surface area contributed by atoms with Gasteiger partial charge in [-0.15, -0.1) is 0 Å². The third-order valence-electron chi connectivity index (χ3n) is 2.08. The van der Waals surface area contributed by atoms with E-state index in [2.05, 4.69) is 11.9 Å². The summed E-state index contributed by atoms with van der Waals surface area (Å²) in [6.07, 6.45) is 0.865. The van der Waals surface area contributed by atoms with Gasteiger partial charge in [0.1, 0.15) is 0 Å². The van der Waals surface area contributed by atoms with Gasteiger partial charge in [0.05, 0.1) is 13.2 Å². The van der Waals surface area contributed by atoms with E-state index in [1.807, 2.05) is 0 Å². The smallest absolute Gasteiger partial charge is 0.0593 e. The Balaban J connectivity index is 2.27. The summed E-state index contributed by atoms with van der Waals surface area (Å²) in [5.41, 5.74) is 0. The van der Waals surface area contributed by atoms with E-state index in [0.717, 1.165) is 32.7 Å². The summed E-state index contributed by atoms with van der Waals surface area (Å²) < 4.78 is 5.38. The molecule has 66 valence electrons. The number of aliphatic hydroxyl groups excluding tert-OH is 1. The Bertz CT molecular complexity index is 108. The molecular formula is C8H17NO2. The molecule has 1 rings (SSSR count). The largest absolute Gasteiger partial charge is 0.396 e. The summed E-state index contributed by atoms with van der Waals surface area (Å²) in [6, 6.07) is 0. The number of hydrogen-bond acceptors (Lipinski definition) is 3. The van der Waals surface area contributed by atoms with Crippen LogP contribution in [0, 0.1) is 5.92 Å². The number of hydrogen-bond donors (Lipinski definition) is 1. The maximum atomic E-state index is 8.72. The van der Waals surface area contributed by atoms with Crippen molar-refractivity contribution in [1.29, 1.82) is 0 Å². The fourth-order valence-electron chi connectivity index (χ4n) is 1.41. The molecule has 0 aromatic rings. The van der Waals surface area contributed by atoms with Gasteiger partial charge in [-0.3, -0.25) is 0 Å². The molecule has 11 heavy (non-hydrogen) atoms. The van der Waals surface area contributed by atoms with E-state index >= 15 is 0 Å². The minimum absolute atomic E-state index is 0.280. The van der Waals surface area contributed by atoms with E-state index in [1.54, 1.807) is 0 Å². The Kier molecular flexibility index (Phi) is 3.83. The molecule has 3 nitrogen and oxygen atoms in total. The minimum Gasteiger partial charge on any atom is -0.396 e. The SMILES string of the molecule is CN1CCOCC(CCO)C1. The fraction of sp³-hybridized carbons (Fsp3) is 1.00. The first kappa shape index (κ1) is 8.97. The number of aliphatic hydroxyl groups is 1. The van der Waals surface area contributed by atoms with Gasteiger partial charge >= 0.3 is 0 Å². The van der Waals surface area contributed by atoms with E-state index < -0.39 is 0 Å². The van der Waals surface area contributed by atoms with Crippen LogP contribution in [0.4, 0.5) is 0 Å². The van der Waals surface area contributed by atoms with Crippen LogP contribution in [0.3, 0.4) is 0 Å². The standard InChI is InChI=1S/C8H17NO2/c1-9-3-5-11-7-8(6-9)2-4-10/h8,10H,2-7H2,1H3. The molecule has 1 saturated heterocycles. The van der Waals surface area contributed by atoms with Gasteiger partial charge in [-0.05, 0) is 19.4 Å². The number of likely N-dealkylation sites (N-methyl/N-ethyl adjacent to an activating group) is 1. The second-order valence-electron chi connectivity index (χ2n) is 3.22. The summed E-state index contributed by atoms with van der Waals surface area (Å²) in [5.74, 6) is 0.521. The highest BCUT2D eigenvalue weighted by Gasteiger charge is 2.14. The van der Waals surface area contributed by atoms with E-state index in [-0.39, 0.29) is 6.61 Å². The number of nitrogens with zero attached hydrogens (tertiary/aromatic N) is 1. The van der Waals surface area contributed by atoms with Crippen LogP contribution in [-0.4, -0.2) is 50.0 Å². The van der Waals surface area contributed by atoms with Crippen molar-refractivity contribution in [2.75, 3.05) is 40.0 Å². The summed E-state index contributed by atoms with van der Waals surface area (Å²) in [5, 5.41) is 8.72. The van der Waals surface area contributed by atoms with E-state index in [0.29, 0.717) is 5.92 Å². The highest BCUT2D eigenvalue weighted by molar-refractivity contribution is 4.66. The summed E-state index contributed by atoms with van der Waals surface area (Å²) >= 11 is 0. The normalized spacial score (nSPS) is 28.4. The lowest BCUT2D eigenvalue weighted by molar-refractivity contribution is 0.112. The lowest BCUT2D eigenvalue weighted by Gasteiger charge is -2.17. The van der Waals surface area contributed by atoms with E-state index in [1.165, 1.54) is 0 Å². The van der Waals surface area contributed by atoms with Gasteiger partial charge < -0.3 is 14.7 Å². The summed E-state index contributed by atoms with van der Waals surface area (Å²) in [6.45, 7) is 3.99. The average molecular weight is 159 g/mol. The Morgan fingerprint density at radius 1 is 1.64 bits per heavy atom. The number of ether oxygens (including phenoxy) is 1. The zero-order chi connectivity index (χ0) is 8.10. The first-order valence-electron chi connectivity index (χ1n) is 4.20. The Morgan fingerprint density at radius 2 is 2.45 bits per heavy atom. The van der Waals surface area contributed by atoms with Crippen molar-refractivity contribution >= 4 is 0 Å². The van der Waals surface area contributed by atoms with Crippen LogP contribution < -0.4 is 0 Å². The molecular weight excluding hydrogens is 142 g/mol. The molecule has 0 bridgehead atoms. The third-order valence-corrected chi connectivity index (χ3v) is 2.08. The van der Waals surface area contributed by atoms with Crippen LogP contribution in [-0.2, 0) is 4.74 Å². The highest BCUT2D eigenvalue weighted by Crippen LogP contribution is 2.08. The number of rotatable bonds is 2. The van der Waals surface area contributed by atoms with Gasteiger partial charge in [0.25, 0.3) is 0 Å². The molecule has 1 fully saturated rings. The minimum atomic E-state index is 0.280. The molecule has 0 aromatic carbocycles. The molecule has 0 amide bonds. The molecule has 1 aliphatic rings. The highest BCUT2D eigenvalue weighted by atomic mass is 16.5. The summed E-state index contributed by atoms with van der Waals surface area (Å²) in [4.78, 5) is 2.26. The lowest BCUT2D eigenvalue weighted by atomic mass is 10.1. The molecule has 0 radical (unpaired) electrons. The molecule has 0 aromatic heterocycles. The van der Waals surface area contributed by atoms with Crippen molar-refractivity contribution in [1.82, 2.24) is 4.90 Å². The van der Waals surface area contributed by atoms with Crippen molar-refractivity contribution in [3.8, 4) is 0 Å². The zero-order valence-corrected chi connectivity index (χ0v) is 7.12. The van der Waals surface area contributed by atoms with Crippen LogP contribution in [0.25, 0.3) is 0 Å². The molecule has 1 heterocycles. The fourth-order valence-corrected chi connectivity index (χ4v) is 1.41. The van der Waals surface area contributed by atoms with Crippen molar-refractivity contribution in [3.63, 3.8) is 0 Å². The maximum Gasteiger partial charge on any atom is 0.0593 e. The molecule has 1 unspecified atom stereocenters.